The molecule has 128 valence electrons. The first kappa shape index (κ1) is 17.0. The van der Waals surface area contributed by atoms with Crippen LogP contribution in [0.2, 0.25) is 0 Å². The molecular formula is C17H20BrN3O3. The van der Waals surface area contributed by atoms with Crippen molar-refractivity contribution in [2.75, 3.05) is 26.3 Å². The number of ether oxygens (including phenoxy) is 2. The van der Waals surface area contributed by atoms with E-state index in [0.29, 0.717) is 36.7 Å². The minimum atomic E-state index is -1.00. The summed E-state index contributed by atoms with van der Waals surface area (Å²) >= 11 is 3.46. The molecule has 1 aromatic heterocycles. The molecule has 0 N–H and O–H groups in total. The van der Waals surface area contributed by atoms with Gasteiger partial charge in [0.1, 0.15) is 0 Å². The Labute approximate surface area is 149 Å². The maximum Gasteiger partial charge on any atom is 0.266 e. The summed E-state index contributed by atoms with van der Waals surface area (Å²) in [5.41, 5.74) is -0.0826. The van der Waals surface area contributed by atoms with Crippen molar-refractivity contribution in [1.29, 1.82) is 0 Å². The summed E-state index contributed by atoms with van der Waals surface area (Å²) in [6.07, 6.45) is 1.82. The van der Waals surface area contributed by atoms with E-state index in [9.17, 15) is 4.79 Å². The molecule has 0 aliphatic carbocycles. The SMILES string of the molecule is CC(C)(Oc1nn(-c2ccccc2)cc1Br)C(=O)N1CCOCC1. The fourth-order valence-electron chi connectivity index (χ4n) is 2.55. The fraction of sp³-hybridized carbons (Fsp3) is 0.412. The Morgan fingerprint density at radius 3 is 2.58 bits per heavy atom. The molecule has 1 saturated heterocycles. The first-order valence-corrected chi connectivity index (χ1v) is 8.63. The number of morpholine rings is 1. The number of hydrogen-bond acceptors (Lipinski definition) is 4. The first-order valence-electron chi connectivity index (χ1n) is 7.84. The first-order chi connectivity index (χ1) is 11.5. The standard InChI is InChI=1S/C17H20BrN3O3/c1-17(2,16(22)20-8-10-23-11-9-20)24-15-14(18)12-21(19-15)13-6-4-3-5-7-13/h3-7,12H,8-11H2,1-2H3. The molecule has 0 spiro atoms. The van der Waals surface area contributed by atoms with Crippen molar-refractivity contribution in [3.05, 3.63) is 41.0 Å². The van der Waals surface area contributed by atoms with E-state index in [1.807, 2.05) is 36.5 Å². The molecule has 3 rings (SSSR count). The molecule has 0 bridgehead atoms. The topological polar surface area (TPSA) is 56.6 Å². The molecule has 0 radical (unpaired) electrons. The number of hydrogen-bond donors (Lipinski definition) is 0. The number of aromatic nitrogens is 2. The molecule has 2 aromatic rings. The predicted octanol–water partition coefficient (Wildman–Crippen LogP) is 2.65. The summed E-state index contributed by atoms with van der Waals surface area (Å²) in [4.78, 5) is 14.5. The number of nitrogens with zero attached hydrogens (tertiary/aromatic N) is 3. The van der Waals surface area contributed by atoms with Gasteiger partial charge in [-0.1, -0.05) is 18.2 Å². The maximum atomic E-state index is 12.7. The van der Waals surface area contributed by atoms with E-state index in [1.54, 1.807) is 23.4 Å². The zero-order valence-corrected chi connectivity index (χ0v) is 15.3. The van der Waals surface area contributed by atoms with Crippen molar-refractivity contribution in [1.82, 2.24) is 14.7 Å². The van der Waals surface area contributed by atoms with Crippen LogP contribution >= 0.6 is 15.9 Å². The minimum absolute atomic E-state index is 0.0630. The summed E-state index contributed by atoms with van der Waals surface area (Å²) in [5, 5.41) is 4.44. The number of carbonyl (C=O) groups is 1. The van der Waals surface area contributed by atoms with Crippen LogP contribution in [-0.4, -0.2) is 52.5 Å². The second-order valence-electron chi connectivity index (χ2n) is 6.08. The number of rotatable bonds is 4. The summed E-state index contributed by atoms with van der Waals surface area (Å²) in [5.74, 6) is 0.331. The van der Waals surface area contributed by atoms with Gasteiger partial charge in [0.05, 0.1) is 23.4 Å². The molecule has 7 heteroatoms. The summed E-state index contributed by atoms with van der Waals surface area (Å²) in [7, 11) is 0. The second kappa shape index (κ2) is 6.94. The highest BCUT2D eigenvalue weighted by atomic mass is 79.9. The summed E-state index contributed by atoms with van der Waals surface area (Å²) in [6.45, 7) is 5.83. The van der Waals surface area contributed by atoms with Gasteiger partial charge >= 0.3 is 0 Å². The van der Waals surface area contributed by atoms with Crippen LogP contribution in [-0.2, 0) is 9.53 Å². The zero-order chi connectivity index (χ0) is 17.2. The summed E-state index contributed by atoms with van der Waals surface area (Å²) in [6, 6.07) is 9.73. The van der Waals surface area contributed by atoms with Crippen LogP contribution in [0.1, 0.15) is 13.8 Å². The maximum absolute atomic E-state index is 12.7. The van der Waals surface area contributed by atoms with Crippen LogP contribution in [0.5, 0.6) is 5.88 Å². The second-order valence-corrected chi connectivity index (χ2v) is 6.93. The Morgan fingerprint density at radius 1 is 1.25 bits per heavy atom. The predicted molar refractivity (Wildman–Crippen MR) is 93.4 cm³/mol. The third-order valence-corrected chi connectivity index (χ3v) is 4.37. The molecule has 0 atom stereocenters. The molecule has 6 nitrogen and oxygen atoms in total. The van der Waals surface area contributed by atoms with Gasteiger partial charge in [-0.3, -0.25) is 4.79 Å². The third kappa shape index (κ3) is 3.62. The van der Waals surface area contributed by atoms with Crippen molar-refractivity contribution in [3.63, 3.8) is 0 Å². The monoisotopic (exact) mass is 393 g/mol. The van der Waals surface area contributed by atoms with Crippen LogP contribution in [0.15, 0.2) is 41.0 Å². The smallest absolute Gasteiger partial charge is 0.266 e. The summed E-state index contributed by atoms with van der Waals surface area (Å²) < 4.78 is 13.7. The molecule has 1 aliphatic rings. The molecule has 1 fully saturated rings. The van der Waals surface area contributed by atoms with E-state index in [0.717, 1.165) is 5.69 Å². The highest BCUT2D eigenvalue weighted by Crippen LogP contribution is 2.28. The Bertz CT molecular complexity index is 709. The van der Waals surface area contributed by atoms with Crippen LogP contribution in [0, 0.1) is 0 Å². The van der Waals surface area contributed by atoms with Gasteiger partial charge in [-0.2, -0.15) is 0 Å². The van der Waals surface area contributed by atoms with Gasteiger partial charge in [0, 0.05) is 19.3 Å². The minimum Gasteiger partial charge on any atom is -0.460 e. The quantitative estimate of drug-likeness (QED) is 0.800. The number of amides is 1. The van der Waals surface area contributed by atoms with Gasteiger partial charge in [0.15, 0.2) is 5.60 Å². The lowest BCUT2D eigenvalue weighted by Crippen LogP contribution is -2.52. The van der Waals surface area contributed by atoms with Crippen LogP contribution < -0.4 is 4.74 Å². The van der Waals surface area contributed by atoms with Crippen molar-refractivity contribution in [2.24, 2.45) is 0 Å². The molecule has 0 saturated carbocycles. The lowest BCUT2D eigenvalue weighted by atomic mass is 10.1. The lowest BCUT2D eigenvalue weighted by molar-refractivity contribution is -0.149. The van der Waals surface area contributed by atoms with E-state index >= 15 is 0 Å². The number of halogens is 1. The van der Waals surface area contributed by atoms with E-state index in [1.165, 1.54) is 0 Å². The highest BCUT2D eigenvalue weighted by molar-refractivity contribution is 9.10. The van der Waals surface area contributed by atoms with E-state index < -0.39 is 5.60 Å². The normalized spacial score (nSPS) is 15.4. The molecular weight excluding hydrogens is 374 g/mol. The van der Waals surface area contributed by atoms with Gasteiger partial charge in [-0.25, -0.2) is 4.68 Å². The fourth-order valence-corrected chi connectivity index (χ4v) is 2.91. The Kier molecular flexibility index (Phi) is 4.91. The Balaban J connectivity index is 1.77. The van der Waals surface area contributed by atoms with E-state index in [2.05, 4.69) is 21.0 Å². The lowest BCUT2D eigenvalue weighted by Gasteiger charge is -2.33. The van der Waals surface area contributed by atoms with Gasteiger partial charge in [0.25, 0.3) is 5.91 Å². The highest BCUT2D eigenvalue weighted by Gasteiger charge is 2.36. The zero-order valence-electron chi connectivity index (χ0n) is 13.7. The van der Waals surface area contributed by atoms with Crippen LogP contribution in [0.25, 0.3) is 5.69 Å². The molecule has 24 heavy (non-hydrogen) atoms. The largest absolute Gasteiger partial charge is 0.460 e. The van der Waals surface area contributed by atoms with E-state index in [4.69, 9.17) is 9.47 Å². The van der Waals surface area contributed by atoms with Crippen molar-refractivity contribution < 1.29 is 14.3 Å². The number of benzene rings is 1. The average molecular weight is 394 g/mol. The Morgan fingerprint density at radius 2 is 1.92 bits per heavy atom. The van der Waals surface area contributed by atoms with Gasteiger partial charge in [-0.15, -0.1) is 5.10 Å². The van der Waals surface area contributed by atoms with Crippen molar-refractivity contribution in [3.8, 4) is 11.6 Å². The molecule has 1 aromatic carbocycles. The molecule has 1 amide bonds. The van der Waals surface area contributed by atoms with Gasteiger partial charge < -0.3 is 14.4 Å². The number of carbonyl (C=O) groups excluding carboxylic acids is 1. The number of para-hydroxylation sites is 1. The van der Waals surface area contributed by atoms with Crippen molar-refractivity contribution in [2.45, 2.75) is 19.4 Å². The molecule has 0 unspecified atom stereocenters. The molecule has 1 aliphatic heterocycles. The third-order valence-electron chi connectivity index (χ3n) is 3.82. The Hall–Kier alpha value is -1.86. The van der Waals surface area contributed by atoms with Gasteiger partial charge in [0.2, 0.25) is 5.88 Å². The van der Waals surface area contributed by atoms with Gasteiger partial charge in [-0.05, 0) is 41.9 Å². The van der Waals surface area contributed by atoms with E-state index in [-0.39, 0.29) is 5.91 Å². The van der Waals surface area contributed by atoms with Crippen LogP contribution in [0.4, 0.5) is 0 Å². The molecule has 2 heterocycles. The van der Waals surface area contributed by atoms with Crippen LogP contribution in [0.3, 0.4) is 0 Å². The van der Waals surface area contributed by atoms with Crippen molar-refractivity contribution >= 4 is 21.8 Å². The average Bonchev–Trinajstić information content (AvgIpc) is 2.96.